The van der Waals surface area contributed by atoms with Crippen LogP contribution in [0.2, 0.25) is 5.02 Å². The molecule has 0 atom stereocenters. The molecule has 6 rings (SSSR count). The molecule has 1 saturated heterocycles. The smallest absolute Gasteiger partial charge is 0.263 e. The third-order valence-electron chi connectivity index (χ3n) is 6.90. The van der Waals surface area contributed by atoms with Gasteiger partial charge in [-0.25, -0.2) is 0 Å². The second-order valence-corrected chi connectivity index (χ2v) is 9.56. The van der Waals surface area contributed by atoms with Gasteiger partial charge in [0.2, 0.25) is 6.79 Å². The molecule has 3 heterocycles. The fourth-order valence-electron chi connectivity index (χ4n) is 5.01. The Balaban J connectivity index is 1.17. The number of fused-ring (bicyclic) bond motifs is 2. The lowest BCUT2D eigenvalue weighted by Crippen LogP contribution is -2.46. The van der Waals surface area contributed by atoms with Crippen molar-refractivity contribution < 1.29 is 24.2 Å². The van der Waals surface area contributed by atoms with Crippen molar-refractivity contribution in [1.29, 1.82) is 0 Å². The van der Waals surface area contributed by atoms with Gasteiger partial charge in [0.1, 0.15) is 5.75 Å². The van der Waals surface area contributed by atoms with E-state index in [1.165, 1.54) is 4.90 Å². The zero-order chi connectivity index (χ0) is 24.8. The molecule has 1 fully saturated rings. The number of benzene rings is 3. The number of carbonyl (C=O) groups excluding carboxylic acids is 2. The van der Waals surface area contributed by atoms with Gasteiger partial charge in [-0.15, -0.1) is 0 Å². The molecule has 0 saturated carbocycles. The molecule has 9 heteroatoms. The zero-order valence-corrected chi connectivity index (χ0v) is 20.2. The number of aromatic hydroxyl groups is 1. The minimum Gasteiger partial charge on any atom is -0.508 e. The minimum atomic E-state index is -0.287. The van der Waals surface area contributed by atoms with Crippen LogP contribution in [0.3, 0.4) is 0 Å². The molecule has 0 aliphatic carbocycles. The molecule has 2 amide bonds. The largest absolute Gasteiger partial charge is 0.508 e. The number of carbonyl (C=O) groups is 2. The Morgan fingerprint density at radius 2 is 1.67 bits per heavy atom. The monoisotopic (exact) mass is 505 g/mol. The first kappa shape index (κ1) is 22.7. The molecule has 36 heavy (non-hydrogen) atoms. The number of imide groups is 1. The predicted octanol–water partition coefficient (Wildman–Crippen LogP) is 3.89. The van der Waals surface area contributed by atoms with Crippen molar-refractivity contribution in [2.24, 2.45) is 0 Å². The van der Waals surface area contributed by atoms with Crippen LogP contribution in [0, 0.1) is 0 Å². The number of nitrogens with zero attached hydrogens (tertiary/aromatic N) is 3. The number of hydrogen-bond donors (Lipinski definition) is 1. The van der Waals surface area contributed by atoms with E-state index in [4.69, 9.17) is 21.1 Å². The summed E-state index contributed by atoms with van der Waals surface area (Å²) in [4.78, 5) is 32.3. The molecule has 0 aromatic heterocycles. The van der Waals surface area contributed by atoms with Crippen LogP contribution < -0.4 is 14.4 Å². The summed E-state index contributed by atoms with van der Waals surface area (Å²) in [6, 6.07) is 16.0. The fourth-order valence-corrected chi connectivity index (χ4v) is 5.21. The molecule has 1 N–H and O–H groups in total. The highest BCUT2D eigenvalue weighted by Gasteiger charge is 2.39. The van der Waals surface area contributed by atoms with Crippen LogP contribution in [0.5, 0.6) is 17.2 Å². The van der Waals surface area contributed by atoms with E-state index in [-0.39, 0.29) is 30.9 Å². The second-order valence-electron chi connectivity index (χ2n) is 9.12. The van der Waals surface area contributed by atoms with Crippen LogP contribution in [0.4, 0.5) is 5.69 Å². The SMILES string of the molecule is O=C1c2cccc(N3CCN(Cc4cc(Cl)ccc4O)CC3)c2C(=O)N1Cc1ccc2c(c1)OCO2. The normalized spacial score (nSPS) is 17.1. The Hall–Kier alpha value is -3.75. The maximum absolute atomic E-state index is 13.5. The number of anilines is 1. The van der Waals surface area contributed by atoms with Crippen molar-refractivity contribution >= 4 is 29.1 Å². The van der Waals surface area contributed by atoms with E-state index >= 15 is 0 Å². The number of phenols is 1. The number of piperazine rings is 1. The van der Waals surface area contributed by atoms with E-state index < -0.39 is 0 Å². The lowest BCUT2D eigenvalue weighted by Gasteiger charge is -2.36. The van der Waals surface area contributed by atoms with Crippen molar-refractivity contribution in [3.8, 4) is 17.2 Å². The van der Waals surface area contributed by atoms with E-state index in [1.54, 1.807) is 30.3 Å². The molecule has 3 aromatic carbocycles. The van der Waals surface area contributed by atoms with Crippen molar-refractivity contribution in [2.45, 2.75) is 13.1 Å². The number of ether oxygens (including phenoxy) is 2. The molecule has 0 unspecified atom stereocenters. The molecule has 0 spiro atoms. The third kappa shape index (κ3) is 4.02. The highest BCUT2D eigenvalue weighted by molar-refractivity contribution is 6.30. The topological polar surface area (TPSA) is 82.6 Å². The van der Waals surface area contributed by atoms with Gasteiger partial charge in [0.05, 0.1) is 23.4 Å². The quantitative estimate of drug-likeness (QED) is 0.527. The highest BCUT2D eigenvalue weighted by Crippen LogP contribution is 2.36. The van der Waals surface area contributed by atoms with Gasteiger partial charge in [-0.05, 0) is 48.0 Å². The van der Waals surface area contributed by atoms with Gasteiger partial charge in [-0.3, -0.25) is 19.4 Å². The lowest BCUT2D eigenvalue weighted by molar-refractivity contribution is 0.0642. The lowest BCUT2D eigenvalue weighted by atomic mass is 10.1. The molecular weight excluding hydrogens is 482 g/mol. The van der Waals surface area contributed by atoms with Crippen LogP contribution in [0.15, 0.2) is 54.6 Å². The summed E-state index contributed by atoms with van der Waals surface area (Å²) in [5, 5.41) is 10.7. The number of hydrogen-bond acceptors (Lipinski definition) is 7. The first-order valence-corrected chi connectivity index (χ1v) is 12.2. The van der Waals surface area contributed by atoms with E-state index in [2.05, 4.69) is 9.80 Å². The van der Waals surface area contributed by atoms with E-state index in [9.17, 15) is 14.7 Å². The molecule has 8 nitrogen and oxygen atoms in total. The average molecular weight is 506 g/mol. The first-order valence-electron chi connectivity index (χ1n) is 11.8. The Bertz CT molecular complexity index is 1370. The summed E-state index contributed by atoms with van der Waals surface area (Å²) < 4.78 is 10.8. The van der Waals surface area contributed by atoms with Crippen LogP contribution >= 0.6 is 11.6 Å². The average Bonchev–Trinajstić information content (AvgIpc) is 3.45. The third-order valence-corrected chi connectivity index (χ3v) is 7.14. The van der Waals surface area contributed by atoms with Gasteiger partial charge in [0.15, 0.2) is 11.5 Å². The molecule has 0 bridgehead atoms. The zero-order valence-electron chi connectivity index (χ0n) is 19.4. The Kier molecular flexibility index (Phi) is 5.70. The van der Waals surface area contributed by atoms with Gasteiger partial charge < -0.3 is 19.5 Å². The van der Waals surface area contributed by atoms with Crippen molar-refractivity contribution in [3.63, 3.8) is 0 Å². The Morgan fingerprint density at radius 3 is 2.50 bits per heavy atom. The van der Waals surface area contributed by atoms with E-state index in [1.807, 2.05) is 24.3 Å². The fraction of sp³-hybridized carbons (Fsp3) is 0.259. The standard InChI is InChI=1S/C27H24ClN3O5/c28-19-5-6-22(32)18(13-19)15-29-8-10-30(11-9-29)21-3-1-2-20-25(21)27(34)31(26(20)33)14-17-4-7-23-24(12-17)36-16-35-23/h1-7,12-13,32H,8-11,14-16H2. The number of phenolic OH excluding ortho intramolecular Hbond substituents is 1. The van der Waals surface area contributed by atoms with Crippen LogP contribution in [0.1, 0.15) is 31.8 Å². The van der Waals surface area contributed by atoms with Gasteiger partial charge in [0.25, 0.3) is 11.8 Å². The number of amides is 2. The summed E-state index contributed by atoms with van der Waals surface area (Å²) in [5.74, 6) is 0.940. The first-order chi connectivity index (χ1) is 17.5. The maximum Gasteiger partial charge on any atom is 0.263 e. The molecule has 0 radical (unpaired) electrons. The summed E-state index contributed by atoms with van der Waals surface area (Å²) in [6.45, 7) is 3.82. The van der Waals surface area contributed by atoms with Gasteiger partial charge in [-0.2, -0.15) is 0 Å². The Labute approximate surface area is 213 Å². The molecule has 3 aliphatic rings. The van der Waals surface area contributed by atoms with Gasteiger partial charge >= 0.3 is 0 Å². The number of halogens is 1. The summed E-state index contributed by atoms with van der Waals surface area (Å²) in [6.07, 6.45) is 0. The van der Waals surface area contributed by atoms with E-state index in [0.29, 0.717) is 47.3 Å². The van der Waals surface area contributed by atoms with Crippen LogP contribution in [0.25, 0.3) is 0 Å². The molecule has 184 valence electrons. The van der Waals surface area contributed by atoms with Crippen molar-refractivity contribution in [2.75, 3.05) is 37.9 Å². The van der Waals surface area contributed by atoms with Gasteiger partial charge in [-0.1, -0.05) is 23.7 Å². The maximum atomic E-state index is 13.5. The van der Waals surface area contributed by atoms with Crippen molar-refractivity contribution in [3.05, 3.63) is 81.9 Å². The molecular formula is C27H24ClN3O5. The summed E-state index contributed by atoms with van der Waals surface area (Å²) in [7, 11) is 0. The summed E-state index contributed by atoms with van der Waals surface area (Å²) in [5.41, 5.74) is 3.27. The van der Waals surface area contributed by atoms with Gasteiger partial charge in [0, 0.05) is 43.3 Å². The van der Waals surface area contributed by atoms with E-state index in [0.717, 1.165) is 29.9 Å². The van der Waals surface area contributed by atoms with Crippen LogP contribution in [-0.2, 0) is 13.1 Å². The second kappa shape index (κ2) is 9.04. The predicted molar refractivity (Wildman–Crippen MR) is 134 cm³/mol. The Morgan fingerprint density at radius 1 is 0.861 bits per heavy atom. The highest BCUT2D eigenvalue weighted by atomic mass is 35.5. The summed E-state index contributed by atoms with van der Waals surface area (Å²) >= 11 is 6.09. The van der Waals surface area contributed by atoms with Crippen LogP contribution in [-0.4, -0.2) is 59.7 Å². The minimum absolute atomic E-state index is 0.166. The number of rotatable bonds is 5. The molecule has 3 aliphatic heterocycles. The molecule has 3 aromatic rings. The van der Waals surface area contributed by atoms with Crippen molar-refractivity contribution in [1.82, 2.24) is 9.80 Å².